The molecule has 0 aliphatic heterocycles. The van der Waals surface area contributed by atoms with Gasteiger partial charge in [-0.25, -0.2) is 0 Å². The second kappa shape index (κ2) is 9.03. The summed E-state index contributed by atoms with van der Waals surface area (Å²) in [6.45, 7) is 6.49. The van der Waals surface area contributed by atoms with E-state index < -0.39 is 0 Å². The molecule has 2 N–H and O–H groups in total. The van der Waals surface area contributed by atoms with Gasteiger partial charge in [0.1, 0.15) is 0 Å². The van der Waals surface area contributed by atoms with Crippen molar-refractivity contribution >= 4 is 11.9 Å². The van der Waals surface area contributed by atoms with Gasteiger partial charge in [0.15, 0.2) is 0 Å². The number of hydrogen-bond acceptors (Lipinski definition) is 4. The van der Waals surface area contributed by atoms with Crippen LogP contribution in [0.3, 0.4) is 0 Å². The maximum atomic E-state index is 12.0. The molecule has 5 nitrogen and oxygen atoms in total. The molecule has 3 unspecified atom stereocenters. The molecule has 1 rings (SSSR count). The Morgan fingerprint density at radius 1 is 1.29 bits per heavy atom. The molecule has 1 aliphatic carbocycles. The topological polar surface area (TPSA) is 67.4 Å². The Kier molecular flexibility index (Phi) is 7.72. The van der Waals surface area contributed by atoms with Crippen LogP contribution in [0.25, 0.3) is 0 Å². The van der Waals surface area contributed by atoms with E-state index in [1.54, 1.807) is 7.05 Å². The van der Waals surface area contributed by atoms with Crippen molar-refractivity contribution in [2.75, 3.05) is 13.7 Å². The number of esters is 1. The van der Waals surface area contributed by atoms with Crippen molar-refractivity contribution in [2.24, 2.45) is 11.8 Å². The lowest BCUT2D eigenvalue weighted by Crippen LogP contribution is -2.49. The van der Waals surface area contributed by atoms with E-state index in [4.69, 9.17) is 4.74 Å². The predicted octanol–water partition coefficient (Wildman–Crippen LogP) is 1.86. The number of carbonyl (C=O) groups is 2. The van der Waals surface area contributed by atoms with Crippen molar-refractivity contribution in [2.45, 2.75) is 65.0 Å². The summed E-state index contributed by atoms with van der Waals surface area (Å²) in [5.41, 5.74) is 0. The fourth-order valence-electron chi connectivity index (χ4n) is 3.00. The van der Waals surface area contributed by atoms with Gasteiger partial charge in [0.05, 0.1) is 18.6 Å². The lowest BCUT2D eigenvalue weighted by molar-refractivity contribution is -0.149. The third kappa shape index (κ3) is 6.04. The first-order valence-electron chi connectivity index (χ1n) is 8.12. The van der Waals surface area contributed by atoms with Gasteiger partial charge in [-0.1, -0.05) is 20.3 Å². The van der Waals surface area contributed by atoms with Gasteiger partial charge < -0.3 is 15.4 Å². The number of amides is 1. The summed E-state index contributed by atoms with van der Waals surface area (Å²) in [5.74, 6) is 0.358. The Morgan fingerprint density at radius 3 is 2.57 bits per heavy atom. The van der Waals surface area contributed by atoms with Crippen LogP contribution in [0.2, 0.25) is 0 Å². The van der Waals surface area contributed by atoms with E-state index in [1.807, 2.05) is 6.92 Å². The molecule has 1 amide bonds. The van der Waals surface area contributed by atoms with E-state index in [1.165, 1.54) is 0 Å². The first-order valence-corrected chi connectivity index (χ1v) is 8.12. The quantitative estimate of drug-likeness (QED) is 0.704. The Balaban J connectivity index is 2.57. The molecule has 1 saturated carbocycles. The van der Waals surface area contributed by atoms with Crippen molar-refractivity contribution in [1.82, 2.24) is 10.6 Å². The largest absolute Gasteiger partial charge is 0.466 e. The summed E-state index contributed by atoms with van der Waals surface area (Å²) in [6.07, 6.45) is 4.49. The predicted molar refractivity (Wildman–Crippen MR) is 82.8 cm³/mol. The highest BCUT2D eigenvalue weighted by Crippen LogP contribution is 2.26. The zero-order chi connectivity index (χ0) is 15.8. The molecule has 0 aromatic rings. The first-order chi connectivity index (χ1) is 9.97. The van der Waals surface area contributed by atoms with Crippen molar-refractivity contribution < 1.29 is 14.3 Å². The Bertz CT molecular complexity index is 344. The molecule has 1 aliphatic rings. The number of rotatable bonds is 7. The second-order valence-electron chi connectivity index (χ2n) is 6.28. The molecule has 0 aromatic carbocycles. The normalized spacial score (nSPS) is 23.7. The molecule has 0 heterocycles. The van der Waals surface area contributed by atoms with Crippen LogP contribution >= 0.6 is 0 Å². The van der Waals surface area contributed by atoms with Gasteiger partial charge in [0.2, 0.25) is 5.91 Å². The van der Waals surface area contributed by atoms with Crippen LogP contribution in [0, 0.1) is 11.8 Å². The van der Waals surface area contributed by atoms with Crippen LogP contribution in [-0.2, 0) is 14.3 Å². The van der Waals surface area contributed by atoms with Crippen molar-refractivity contribution in [3.63, 3.8) is 0 Å². The smallest absolute Gasteiger partial charge is 0.308 e. The molecule has 0 bridgehead atoms. The van der Waals surface area contributed by atoms with E-state index in [9.17, 15) is 9.59 Å². The van der Waals surface area contributed by atoms with Crippen LogP contribution in [0.15, 0.2) is 0 Å². The van der Waals surface area contributed by atoms with E-state index in [0.29, 0.717) is 12.5 Å². The molecule has 0 saturated heterocycles. The summed E-state index contributed by atoms with van der Waals surface area (Å²) >= 11 is 0. The third-order valence-electron chi connectivity index (χ3n) is 4.00. The monoisotopic (exact) mass is 298 g/mol. The fourth-order valence-corrected chi connectivity index (χ4v) is 3.00. The summed E-state index contributed by atoms with van der Waals surface area (Å²) in [6, 6.07) is 0.0372. The molecule has 0 aromatic heterocycles. The van der Waals surface area contributed by atoms with Crippen LogP contribution in [0.1, 0.15) is 52.9 Å². The first kappa shape index (κ1) is 18.0. The van der Waals surface area contributed by atoms with E-state index in [0.717, 1.165) is 32.1 Å². The molecule has 3 atom stereocenters. The Hall–Kier alpha value is -1.10. The van der Waals surface area contributed by atoms with Crippen LogP contribution in [-0.4, -0.2) is 37.6 Å². The SMILES string of the molecule is CCOC(=O)C1CCCC(NC(CC(C)C)C(=O)NC)C1. The zero-order valence-electron chi connectivity index (χ0n) is 13.8. The van der Waals surface area contributed by atoms with Crippen LogP contribution in [0.5, 0.6) is 0 Å². The fraction of sp³-hybridized carbons (Fsp3) is 0.875. The molecule has 0 radical (unpaired) electrons. The maximum absolute atomic E-state index is 12.0. The van der Waals surface area contributed by atoms with Crippen molar-refractivity contribution in [1.29, 1.82) is 0 Å². The number of hydrogen-bond donors (Lipinski definition) is 2. The van der Waals surface area contributed by atoms with Crippen molar-refractivity contribution in [3.05, 3.63) is 0 Å². The molecule has 122 valence electrons. The van der Waals surface area contributed by atoms with Gasteiger partial charge in [0, 0.05) is 13.1 Å². The number of carbonyl (C=O) groups excluding carboxylic acids is 2. The molecule has 1 fully saturated rings. The minimum Gasteiger partial charge on any atom is -0.466 e. The standard InChI is InChI=1S/C16H30N2O3/c1-5-21-16(20)12-7-6-8-13(10-12)18-14(9-11(2)3)15(19)17-4/h11-14,18H,5-10H2,1-4H3,(H,17,19). The highest BCUT2D eigenvalue weighted by Gasteiger charge is 2.30. The highest BCUT2D eigenvalue weighted by molar-refractivity contribution is 5.81. The number of ether oxygens (including phenoxy) is 1. The summed E-state index contributed by atoms with van der Waals surface area (Å²) in [5, 5.41) is 6.17. The third-order valence-corrected chi connectivity index (χ3v) is 4.00. The van der Waals surface area contributed by atoms with Crippen LogP contribution < -0.4 is 10.6 Å². The minimum absolute atomic E-state index is 0.0272. The highest BCUT2D eigenvalue weighted by atomic mass is 16.5. The molecular formula is C16H30N2O3. The molecule has 0 spiro atoms. The number of likely N-dealkylation sites (N-methyl/N-ethyl adjacent to an activating group) is 1. The average molecular weight is 298 g/mol. The van der Waals surface area contributed by atoms with Gasteiger partial charge in [-0.15, -0.1) is 0 Å². The van der Waals surface area contributed by atoms with Crippen molar-refractivity contribution in [3.8, 4) is 0 Å². The van der Waals surface area contributed by atoms with E-state index in [2.05, 4.69) is 24.5 Å². The Morgan fingerprint density at radius 2 is 2.00 bits per heavy atom. The maximum Gasteiger partial charge on any atom is 0.308 e. The van der Waals surface area contributed by atoms with Gasteiger partial charge in [-0.05, 0) is 38.5 Å². The van der Waals surface area contributed by atoms with Gasteiger partial charge in [-0.2, -0.15) is 0 Å². The Labute approximate surface area is 128 Å². The van der Waals surface area contributed by atoms with E-state index >= 15 is 0 Å². The lowest BCUT2D eigenvalue weighted by atomic mass is 9.85. The van der Waals surface area contributed by atoms with Gasteiger partial charge in [-0.3, -0.25) is 9.59 Å². The van der Waals surface area contributed by atoms with Gasteiger partial charge in [0.25, 0.3) is 0 Å². The lowest BCUT2D eigenvalue weighted by Gasteiger charge is -2.31. The minimum atomic E-state index is -0.180. The molecule has 5 heteroatoms. The summed E-state index contributed by atoms with van der Waals surface area (Å²) in [7, 11) is 1.67. The zero-order valence-corrected chi connectivity index (χ0v) is 13.8. The van der Waals surface area contributed by atoms with E-state index in [-0.39, 0.29) is 29.9 Å². The average Bonchev–Trinajstić information content (AvgIpc) is 2.46. The summed E-state index contributed by atoms with van der Waals surface area (Å²) < 4.78 is 5.12. The molecule has 21 heavy (non-hydrogen) atoms. The van der Waals surface area contributed by atoms with Crippen LogP contribution in [0.4, 0.5) is 0 Å². The van der Waals surface area contributed by atoms with Gasteiger partial charge >= 0.3 is 5.97 Å². The second-order valence-corrected chi connectivity index (χ2v) is 6.28. The number of nitrogens with one attached hydrogen (secondary N) is 2. The molecular weight excluding hydrogens is 268 g/mol. The summed E-state index contributed by atoms with van der Waals surface area (Å²) in [4.78, 5) is 23.8.